The fraction of sp³-hybridized carbons (Fsp3) is 0.0800. The molecule has 0 aliphatic carbocycles. The normalized spacial score (nSPS) is 13.5. The maximum atomic E-state index is 12.3. The molecular formula is C25H21N3O3. The van der Waals surface area contributed by atoms with Crippen LogP contribution in [-0.2, 0) is 16.1 Å². The number of amides is 4. The van der Waals surface area contributed by atoms with Gasteiger partial charge in [-0.05, 0) is 46.5 Å². The van der Waals surface area contributed by atoms with Crippen LogP contribution >= 0.6 is 0 Å². The molecule has 0 saturated carbocycles. The van der Waals surface area contributed by atoms with Gasteiger partial charge < -0.3 is 10.6 Å². The van der Waals surface area contributed by atoms with Crippen molar-refractivity contribution in [3.05, 3.63) is 96.1 Å². The van der Waals surface area contributed by atoms with E-state index in [0.717, 1.165) is 22.3 Å². The Balaban J connectivity index is 1.36. The molecule has 1 heterocycles. The highest BCUT2D eigenvalue weighted by atomic mass is 16.2. The van der Waals surface area contributed by atoms with Crippen molar-refractivity contribution in [2.75, 3.05) is 11.9 Å². The van der Waals surface area contributed by atoms with Crippen molar-refractivity contribution in [2.45, 2.75) is 6.54 Å². The predicted octanol–water partition coefficient (Wildman–Crippen LogP) is 4.06. The van der Waals surface area contributed by atoms with E-state index in [9.17, 15) is 14.4 Å². The molecule has 154 valence electrons. The molecule has 1 fully saturated rings. The van der Waals surface area contributed by atoms with Gasteiger partial charge >= 0.3 is 6.03 Å². The zero-order valence-electron chi connectivity index (χ0n) is 16.7. The minimum atomic E-state index is -0.385. The topological polar surface area (TPSA) is 78.5 Å². The lowest BCUT2D eigenvalue weighted by Crippen LogP contribution is -2.30. The highest BCUT2D eigenvalue weighted by molar-refractivity contribution is 6.02. The average Bonchev–Trinajstić information content (AvgIpc) is 3.12. The van der Waals surface area contributed by atoms with Crippen LogP contribution in [0.1, 0.15) is 11.1 Å². The van der Waals surface area contributed by atoms with Crippen LogP contribution in [0.5, 0.6) is 0 Å². The molecule has 0 aromatic heterocycles. The van der Waals surface area contributed by atoms with Gasteiger partial charge in [-0.15, -0.1) is 0 Å². The highest BCUT2D eigenvalue weighted by Crippen LogP contribution is 2.20. The first kappa shape index (κ1) is 20.1. The number of hydrogen-bond acceptors (Lipinski definition) is 3. The summed E-state index contributed by atoms with van der Waals surface area (Å²) >= 11 is 0. The van der Waals surface area contributed by atoms with Crippen LogP contribution in [0.4, 0.5) is 10.5 Å². The summed E-state index contributed by atoms with van der Waals surface area (Å²) < 4.78 is 0. The first-order valence-electron chi connectivity index (χ1n) is 9.90. The fourth-order valence-corrected chi connectivity index (χ4v) is 3.30. The number of hydrogen-bond donors (Lipinski definition) is 2. The number of nitrogens with one attached hydrogen (secondary N) is 2. The van der Waals surface area contributed by atoms with Gasteiger partial charge in [0.2, 0.25) is 11.8 Å². The maximum absolute atomic E-state index is 12.3. The predicted molar refractivity (Wildman–Crippen MR) is 120 cm³/mol. The van der Waals surface area contributed by atoms with Crippen LogP contribution in [0.15, 0.2) is 84.9 Å². The Morgan fingerprint density at radius 2 is 1.68 bits per heavy atom. The van der Waals surface area contributed by atoms with E-state index in [2.05, 4.69) is 10.6 Å². The van der Waals surface area contributed by atoms with Crippen molar-refractivity contribution in [1.82, 2.24) is 10.2 Å². The monoisotopic (exact) mass is 411 g/mol. The molecule has 6 nitrogen and oxygen atoms in total. The van der Waals surface area contributed by atoms with Crippen LogP contribution in [0.25, 0.3) is 17.2 Å². The number of carbonyl (C=O) groups excluding carboxylic acids is 3. The maximum Gasteiger partial charge on any atom is 0.324 e. The van der Waals surface area contributed by atoms with Crippen LogP contribution in [-0.4, -0.2) is 29.3 Å². The van der Waals surface area contributed by atoms with Gasteiger partial charge in [-0.3, -0.25) is 14.5 Å². The summed E-state index contributed by atoms with van der Waals surface area (Å²) in [7, 11) is 0. The van der Waals surface area contributed by atoms with Crippen LogP contribution < -0.4 is 10.6 Å². The Hall–Kier alpha value is -4.19. The Kier molecular flexibility index (Phi) is 5.89. The van der Waals surface area contributed by atoms with E-state index in [4.69, 9.17) is 0 Å². The van der Waals surface area contributed by atoms with E-state index in [1.165, 1.54) is 11.0 Å². The number of carbonyl (C=O) groups is 3. The SMILES string of the molecule is O=C(C=Cc1cccc(-c2ccccc2)c1)Nc1ccc(CN2C(=O)CNC2=O)cc1. The number of nitrogens with zero attached hydrogens (tertiary/aromatic N) is 1. The Labute approximate surface area is 180 Å². The molecule has 1 aliphatic rings. The smallest absolute Gasteiger partial charge is 0.324 e. The third-order valence-corrected chi connectivity index (χ3v) is 4.92. The first-order chi connectivity index (χ1) is 15.1. The zero-order chi connectivity index (χ0) is 21.6. The molecule has 0 bridgehead atoms. The molecule has 0 atom stereocenters. The van der Waals surface area contributed by atoms with Crippen molar-refractivity contribution < 1.29 is 14.4 Å². The van der Waals surface area contributed by atoms with E-state index in [1.54, 1.807) is 30.3 Å². The molecular weight excluding hydrogens is 390 g/mol. The van der Waals surface area contributed by atoms with Crippen molar-refractivity contribution >= 4 is 29.6 Å². The summed E-state index contributed by atoms with van der Waals surface area (Å²) in [5.41, 5.74) is 4.57. The highest BCUT2D eigenvalue weighted by Gasteiger charge is 2.28. The van der Waals surface area contributed by atoms with E-state index in [0.29, 0.717) is 5.69 Å². The lowest BCUT2D eigenvalue weighted by molar-refractivity contribution is -0.125. The van der Waals surface area contributed by atoms with Crippen molar-refractivity contribution in [3.8, 4) is 11.1 Å². The summed E-state index contributed by atoms with van der Waals surface area (Å²) in [4.78, 5) is 36.7. The quantitative estimate of drug-likeness (QED) is 0.474. The van der Waals surface area contributed by atoms with Gasteiger partial charge in [-0.25, -0.2) is 4.79 Å². The molecule has 0 unspecified atom stereocenters. The van der Waals surface area contributed by atoms with Crippen molar-refractivity contribution in [3.63, 3.8) is 0 Å². The number of imide groups is 1. The van der Waals surface area contributed by atoms with Gasteiger partial charge in [0, 0.05) is 11.8 Å². The third kappa shape index (κ3) is 5.05. The van der Waals surface area contributed by atoms with Gasteiger partial charge in [0.25, 0.3) is 0 Å². The summed E-state index contributed by atoms with van der Waals surface area (Å²) in [6.07, 6.45) is 3.26. The summed E-state index contributed by atoms with van der Waals surface area (Å²) in [5, 5.41) is 5.30. The molecule has 0 radical (unpaired) electrons. The number of urea groups is 1. The number of anilines is 1. The van der Waals surface area contributed by atoms with E-state index in [1.807, 2.05) is 54.6 Å². The van der Waals surface area contributed by atoms with Crippen LogP contribution in [0.2, 0.25) is 0 Å². The van der Waals surface area contributed by atoms with Crippen LogP contribution in [0, 0.1) is 0 Å². The van der Waals surface area contributed by atoms with E-state index in [-0.39, 0.29) is 30.9 Å². The zero-order valence-corrected chi connectivity index (χ0v) is 16.7. The number of rotatable bonds is 6. The second-order valence-corrected chi connectivity index (χ2v) is 7.15. The lowest BCUT2D eigenvalue weighted by Gasteiger charge is -2.12. The van der Waals surface area contributed by atoms with Crippen LogP contribution in [0.3, 0.4) is 0 Å². The molecule has 31 heavy (non-hydrogen) atoms. The summed E-state index contributed by atoms with van der Waals surface area (Å²) in [6.45, 7) is 0.240. The Morgan fingerprint density at radius 1 is 0.935 bits per heavy atom. The van der Waals surface area contributed by atoms with Gasteiger partial charge in [-0.1, -0.05) is 60.7 Å². The lowest BCUT2D eigenvalue weighted by atomic mass is 10.0. The van der Waals surface area contributed by atoms with Gasteiger partial charge in [0.15, 0.2) is 0 Å². The number of benzene rings is 3. The fourth-order valence-electron chi connectivity index (χ4n) is 3.30. The molecule has 3 aromatic rings. The first-order valence-corrected chi connectivity index (χ1v) is 9.90. The Morgan fingerprint density at radius 3 is 2.39 bits per heavy atom. The molecule has 0 spiro atoms. The van der Waals surface area contributed by atoms with E-state index >= 15 is 0 Å². The standard InChI is InChI=1S/C25H21N3O3/c29-23(14-11-18-5-4-8-21(15-18)20-6-2-1-3-7-20)27-22-12-9-19(10-13-22)17-28-24(30)16-26-25(28)31/h1-15H,16-17H2,(H,26,31)(H,27,29). The van der Waals surface area contributed by atoms with Crippen molar-refractivity contribution in [1.29, 1.82) is 0 Å². The molecule has 2 N–H and O–H groups in total. The van der Waals surface area contributed by atoms with Gasteiger partial charge in [0.05, 0.1) is 13.1 Å². The minimum absolute atomic E-state index is 0.0353. The van der Waals surface area contributed by atoms with Gasteiger partial charge in [-0.2, -0.15) is 0 Å². The summed E-state index contributed by atoms with van der Waals surface area (Å²) in [5.74, 6) is -0.490. The average molecular weight is 411 g/mol. The minimum Gasteiger partial charge on any atom is -0.329 e. The molecule has 6 heteroatoms. The molecule has 4 amide bonds. The molecule has 1 saturated heterocycles. The third-order valence-electron chi connectivity index (χ3n) is 4.92. The van der Waals surface area contributed by atoms with E-state index < -0.39 is 0 Å². The molecule has 3 aromatic carbocycles. The molecule has 1 aliphatic heterocycles. The largest absolute Gasteiger partial charge is 0.329 e. The van der Waals surface area contributed by atoms with Crippen molar-refractivity contribution in [2.24, 2.45) is 0 Å². The Bertz CT molecular complexity index is 1120. The second kappa shape index (κ2) is 9.09. The molecule has 4 rings (SSSR count). The van der Waals surface area contributed by atoms with Gasteiger partial charge in [0.1, 0.15) is 0 Å². The second-order valence-electron chi connectivity index (χ2n) is 7.15. The summed E-state index contributed by atoms with van der Waals surface area (Å²) in [6, 6.07) is 24.7.